The van der Waals surface area contributed by atoms with Crippen molar-refractivity contribution in [2.75, 3.05) is 25.0 Å². The second-order valence-electron chi connectivity index (χ2n) is 6.34. The number of carbonyl (C=O) groups is 2. The molecule has 1 saturated heterocycles. The van der Waals surface area contributed by atoms with Crippen molar-refractivity contribution in [1.82, 2.24) is 4.90 Å². The molecule has 0 aromatic heterocycles. The third kappa shape index (κ3) is 5.47. The summed E-state index contributed by atoms with van der Waals surface area (Å²) in [6.07, 6.45) is 3.30. The second-order valence-corrected chi connectivity index (χ2v) is 7.63. The van der Waals surface area contributed by atoms with Crippen LogP contribution in [0.1, 0.15) is 29.6 Å². The molecule has 2 amide bonds. The zero-order chi connectivity index (χ0) is 19.2. The molecular weight excluding hydrogens is 432 g/mol. The van der Waals surface area contributed by atoms with Crippen LogP contribution in [0.2, 0.25) is 5.02 Å². The molecule has 1 N–H and O–H groups in total. The highest BCUT2D eigenvalue weighted by Crippen LogP contribution is 2.28. The molecule has 1 aliphatic heterocycles. The van der Waals surface area contributed by atoms with Crippen LogP contribution < -0.4 is 10.1 Å². The number of piperidine rings is 1. The first-order chi connectivity index (χ1) is 13.0. The number of likely N-dealkylation sites (tertiary alicyclic amines) is 1. The summed E-state index contributed by atoms with van der Waals surface area (Å²) in [7, 11) is 0. The molecule has 2 aromatic carbocycles. The predicted molar refractivity (Wildman–Crippen MR) is 109 cm³/mol. The molecular formula is C20H20BrClN2O3. The van der Waals surface area contributed by atoms with Gasteiger partial charge in [-0.25, -0.2) is 0 Å². The van der Waals surface area contributed by atoms with Crippen LogP contribution in [0.25, 0.3) is 0 Å². The fourth-order valence-corrected chi connectivity index (χ4v) is 3.71. The van der Waals surface area contributed by atoms with Gasteiger partial charge in [-0.05, 0) is 77.7 Å². The molecule has 3 rings (SSSR count). The highest BCUT2D eigenvalue weighted by Gasteiger charge is 2.18. The Balaban J connectivity index is 1.52. The van der Waals surface area contributed by atoms with E-state index >= 15 is 0 Å². The average Bonchev–Trinajstić information content (AvgIpc) is 2.68. The van der Waals surface area contributed by atoms with Crippen molar-refractivity contribution in [2.24, 2.45) is 0 Å². The van der Waals surface area contributed by atoms with E-state index in [0.29, 0.717) is 26.5 Å². The maximum Gasteiger partial charge on any atom is 0.262 e. The molecule has 1 aliphatic rings. The zero-order valence-corrected chi connectivity index (χ0v) is 17.1. The number of carbonyl (C=O) groups excluding carboxylic acids is 2. The standard InChI is InChI=1S/C20H20BrClN2O3/c21-17-12-15(22)6-9-18(17)27-13-19(25)23-16-7-4-14(5-8-16)20(26)24-10-2-1-3-11-24/h4-9,12H,1-3,10-11,13H2,(H,23,25). The highest BCUT2D eigenvalue weighted by atomic mass is 79.9. The quantitative estimate of drug-likeness (QED) is 0.714. The third-order valence-electron chi connectivity index (χ3n) is 4.31. The molecule has 0 aliphatic carbocycles. The molecule has 1 fully saturated rings. The van der Waals surface area contributed by atoms with Crippen LogP contribution in [-0.2, 0) is 4.79 Å². The maximum atomic E-state index is 12.5. The Morgan fingerprint density at radius 2 is 1.78 bits per heavy atom. The van der Waals surface area contributed by atoms with Crippen LogP contribution in [0.5, 0.6) is 5.75 Å². The number of ether oxygens (including phenoxy) is 1. The van der Waals surface area contributed by atoms with Crippen molar-refractivity contribution in [3.05, 3.63) is 57.5 Å². The smallest absolute Gasteiger partial charge is 0.262 e. The van der Waals surface area contributed by atoms with E-state index in [1.807, 2.05) is 4.90 Å². The molecule has 0 bridgehead atoms. The summed E-state index contributed by atoms with van der Waals surface area (Å²) in [4.78, 5) is 26.4. The van der Waals surface area contributed by atoms with Gasteiger partial charge in [-0.3, -0.25) is 9.59 Å². The predicted octanol–water partition coefficient (Wildman–Crippen LogP) is 4.75. The summed E-state index contributed by atoms with van der Waals surface area (Å²) in [6, 6.07) is 12.0. The summed E-state index contributed by atoms with van der Waals surface area (Å²) in [5, 5.41) is 3.34. The van der Waals surface area contributed by atoms with Gasteiger partial charge in [0.1, 0.15) is 5.75 Å². The van der Waals surface area contributed by atoms with E-state index in [1.165, 1.54) is 6.42 Å². The van der Waals surface area contributed by atoms with Gasteiger partial charge >= 0.3 is 0 Å². The molecule has 0 spiro atoms. The van der Waals surface area contributed by atoms with Crippen LogP contribution in [0.4, 0.5) is 5.69 Å². The highest BCUT2D eigenvalue weighted by molar-refractivity contribution is 9.10. The van der Waals surface area contributed by atoms with Gasteiger partial charge in [0.15, 0.2) is 6.61 Å². The van der Waals surface area contributed by atoms with Gasteiger partial charge in [0, 0.05) is 29.4 Å². The van der Waals surface area contributed by atoms with Crippen LogP contribution in [0, 0.1) is 0 Å². The summed E-state index contributed by atoms with van der Waals surface area (Å²) in [6.45, 7) is 1.50. The average molecular weight is 452 g/mol. The normalized spacial score (nSPS) is 13.9. The number of nitrogens with zero attached hydrogens (tertiary/aromatic N) is 1. The van der Waals surface area contributed by atoms with Crippen molar-refractivity contribution in [2.45, 2.75) is 19.3 Å². The maximum absolute atomic E-state index is 12.5. The molecule has 2 aromatic rings. The largest absolute Gasteiger partial charge is 0.483 e. The second kappa shape index (κ2) is 9.24. The fraction of sp³-hybridized carbons (Fsp3) is 0.300. The van der Waals surface area contributed by atoms with Crippen LogP contribution in [0.15, 0.2) is 46.9 Å². The number of amides is 2. The minimum Gasteiger partial charge on any atom is -0.483 e. The number of hydrogen-bond acceptors (Lipinski definition) is 3. The van der Waals surface area contributed by atoms with Crippen molar-refractivity contribution in [3.8, 4) is 5.75 Å². The minimum atomic E-state index is -0.285. The van der Waals surface area contributed by atoms with Gasteiger partial charge in [-0.15, -0.1) is 0 Å². The number of anilines is 1. The summed E-state index contributed by atoms with van der Waals surface area (Å²) < 4.78 is 6.17. The lowest BCUT2D eigenvalue weighted by Crippen LogP contribution is -2.35. The SMILES string of the molecule is O=C(COc1ccc(Cl)cc1Br)Nc1ccc(C(=O)N2CCCCC2)cc1. The van der Waals surface area contributed by atoms with E-state index in [2.05, 4.69) is 21.2 Å². The molecule has 27 heavy (non-hydrogen) atoms. The van der Waals surface area contributed by atoms with Gasteiger partial charge in [-0.1, -0.05) is 11.6 Å². The first-order valence-corrected chi connectivity index (χ1v) is 9.97. The zero-order valence-electron chi connectivity index (χ0n) is 14.7. The Bertz CT molecular complexity index is 820. The molecule has 5 nitrogen and oxygen atoms in total. The first kappa shape index (κ1) is 19.7. The Morgan fingerprint density at radius 1 is 1.07 bits per heavy atom. The number of nitrogens with one attached hydrogen (secondary N) is 1. The van der Waals surface area contributed by atoms with Gasteiger partial charge in [-0.2, -0.15) is 0 Å². The number of halogens is 2. The Labute approximate surface area is 171 Å². The third-order valence-corrected chi connectivity index (χ3v) is 5.17. The number of rotatable bonds is 5. The molecule has 0 radical (unpaired) electrons. The van der Waals surface area contributed by atoms with Gasteiger partial charge in [0.2, 0.25) is 0 Å². The van der Waals surface area contributed by atoms with Crippen molar-refractivity contribution in [3.63, 3.8) is 0 Å². The first-order valence-electron chi connectivity index (χ1n) is 8.80. The van der Waals surface area contributed by atoms with E-state index < -0.39 is 0 Å². The van der Waals surface area contributed by atoms with Crippen molar-refractivity contribution in [1.29, 1.82) is 0 Å². The van der Waals surface area contributed by atoms with E-state index in [1.54, 1.807) is 42.5 Å². The fourth-order valence-electron chi connectivity index (χ4n) is 2.91. The molecule has 1 heterocycles. The Morgan fingerprint density at radius 3 is 2.44 bits per heavy atom. The Hall–Kier alpha value is -2.05. The van der Waals surface area contributed by atoms with Crippen molar-refractivity contribution >= 4 is 45.0 Å². The molecule has 142 valence electrons. The molecule has 0 atom stereocenters. The molecule has 0 unspecified atom stereocenters. The topological polar surface area (TPSA) is 58.6 Å². The number of benzene rings is 2. The van der Waals surface area contributed by atoms with Gasteiger partial charge < -0.3 is 15.0 Å². The summed E-state index contributed by atoms with van der Waals surface area (Å²) >= 11 is 9.22. The van der Waals surface area contributed by atoms with Gasteiger partial charge in [0.25, 0.3) is 11.8 Å². The molecule has 7 heteroatoms. The van der Waals surface area contributed by atoms with Crippen LogP contribution >= 0.6 is 27.5 Å². The van der Waals surface area contributed by atoms with Crippen molar-refractivity contribution < 1.29 is 14.3 Å². The van der Waals surface area contributed by atoms with E-state index in [0.717, 1.165) is 25.9 Å². The molecule has 0 saturated carbocycles. The monoisotopic (exact) mass is 450 g/mol. The lowest BCUT2D eigenvalue weighted by molar-refractivity contribution is -0.118. The van der Waals surface area contributed by atoms with Gasteiger partial charge in [0.05, 0.1) is 4.47 Å². The van der Waals surface area contributed by atoms with E-state index in [9.17, 15) is 9.59 Å². The number of hydrogen-bond donors (Lipinski definition) is 1. The summed E-state index contributed by atoms with van der Waals surface area (Å²) in [5.41, 5.74) is 1.25. The van der Waals surface area contributed by atoms with E-state index in [4.69, 9.17) is 16.3 Å². The van der Waals surface area contributed by atoms with Crippen LogP contribution in [0.3, 0.4) is 0 Å². The summed E-state index contributed by atoms with van der Waals surface area (Å²) in [5.74, 6) is 0.299. The Kier molecular flexibility index (Phi) is 6.74. The lowest BCUT2D eigenvalue weighted by Gasteiger charge is -2.26. The van der Waals surface area contributed by atoms with Crippen LogP contribution in [-0.4, -0.2) is 36.4 Å². The minimum absolute atomic E-state index is 0.0449. The van der Waals surface area contributed by atoms with E-state index in [-0.39, 0.29) is 18.4 Å². The lowest BCUT2D eigenvalue weighted by atomic mass is 10.1.